The zero-order valence-corrected chi connectivity index (χ0v) is 12.2. The Morgan fingerprint density at radius 1 is 1.00 bits per heavy atom. The summed E-state index contributed by atoms with van der Waals surface area (Å²) in [5.41, 5.74) is 3.05. The number of hydrogen-bond acceptors (Lipinski definition) is 3. The smallest absolute Gasteiger partial charge is 0.118 e. The Morgan fingerprint density at radius 3 is 2.68 bits per heavy atom. The standard InChI is InChI=1S/C19H16O3/c1-9-8-10-4-2-3-5-11(10)12-6-7-13-15(14(9)12)18-19(22-18)17(21)16(13)20/h2-8,16-21H,1H3/t16-,17+,18?,19+/m0/s1. The maximum absolute atomic E-state index is 10.4. The molecule has 5 rings (SSSR count). The van der Waals surface area contributed by atoms with Gasteiger partial charge in [0.25, 0.3) is 0 Å². The van der Waals surface area contributed by atoms with Crippen molar-refractivity contribution in [3.05, 3.63) is 59.2 Å². The van der Waals surface area contributed by atoms with Gasteiger partial charge in [0.2, 0.25) is 0 Å². The molecule has 3 aromatic carbocycles. The lowest BCUT2D eigenvalue weighted by Crippen LogP contribution is -2.29. The van der Waals surface area contributed by atoms with E-state index in [1.807, 2.05) is 18.2 Å². The molecule has 0 bridgehead atoms. The number of aliphatic hydroxyl groups excluding tert-OH is 2. The zero-order chi connectivity index (χ0) is 15.0. The molecule has 0 amide bonds. The van der Waals surface area contributed by atoms with E-state index in [9.17, 15) is 10.2 Å². The molecule has 0 saturated carbocycles. The minimum Gasteiger partial charge on any atom is -0.387 e. The maximum Gasteiger partial charge on any atom is 0.118 e. The summed E-state index contributed by atoms with van der Waals surface area (Å²) in [6.07, 6.45) is -2.04. The van der Waals surface area contributed by atoms with Crippen LogP contribution >= 0.6 is 0 Å². The molecule has 0 spiro atoms. The van der Waals surface area contributed by atoms with Crippen LogP contribution in [-0.4, -0.2) is 22.4 Å². The number of hydrogen-bond donors (Lipinski definition) is 2. The fourth-order valence-electron chi connectivity index (χ4n) is 4.00. The third kappa shape index (κ3) is 1.46. The summed E-state index contributed by atoms with van der Waals surface area (Å²) in [4.78, 5) is 0. The van der Waals surface area contributed by atoms with Crippen LogP contribution in [0.5, 0.6) is 0 Å². The van der Waals surface area contributed by atoms with Crippen molar-refractivity contribution in [2.24, 2.45) is 0 Å². The highest BCUT2D eigenvalue weighted by molar-refractivity contribution is 6.10. The fraction of sp³-hybridized carbons (Fsp3) is 0.263. The molecule has 0 radical (unpaired) electrons. The van der Waals surface area contributed by atoms with Gasteiger partial charge in [0.1, 0.15) is 24.4 Å². The fourth-order valence-corrected chi connectivity index (χ4v) is 4.00. The SMILES string of the molecule is Cc1cc2ccccc2c2ccc3c(c12)C1O[C@@H]1[C@H](O)[C@H]3O. The van der Waals surface area contributed by atoms with Crippen LogP contribution in [0.3, 0.4) is 0 Å². The molecule has 3 heteroatoms. The number of rotatable bonds is 0. The number of aryl methyl sites for hydroxylation is 1. The Hall–Kier alpha value is -1.94. The Labute approximate surface area is 127 Å². The van der Waals surface area contributed by atoms with E-state index in [-0.39, 0.29) is 12.2 Å². The van der Waals surface area contributed by atoms with Crippen molar-refractivity contribution in [1.29, 1.82) is 0 Å². The number of benzene rings is 3. The second-order valence-corrected chi connectivity index (χ2v) is 6.36. The number of ether oxygens (including phenoxy) is 1. The zero-order valence-electron chi connectivity index (χ0n) is 12.2. The summed E-state index contributed by atoms with van der Waals surface area (Å²) in [5, 5.41) is 25.2. The van der Waals surface area contributed by atoms with Crippen molar-refractivity contribution in [3.63, 3.8) is 0 Å². The molecule has 3 aromatic rings. The maximum atomic E-state index is 10.4. The number of aliphatic hydroxyl groups is 2. The monoisotopic (exact) mass is 292 g/mol. The van der Waals surface area contributed by atoms with E-state index < -0.39 is 12.2 Å². The normalized spacial score (nSPS) is 29.4. The molecule has 2 aliphatic rings. The summed E-state index contributed by atoms with van der Waals surface area (Å²) < 4.78 is 5.65. The highest BCUT2D eigenvalue weighted by Gasteiger charge is 2.54. The van der Waals surface area contributed by atoms with Gasteiger partial charge in [0.15, 0.2) is 0 Å². The van der Waals surface area contributed by atoms with E-state index >= 15 is 0 Å². The van der Waals surface area contributed by atoms with E-state index in [1.54, 1.807) is 0 Å². The molecule has 1 saturated heterocycles. The predicted octanol–water partition coefficient (Wildman–Crippen LogP) is 3.15. The minimum atomic E-state index is -0.867. The second-order valence-electron chi connectivity index (χ2n) is 6.36. The Kier molecular flexibility index (Phi) is 2.33. The first-order valence-corrected chi connectivity index (χ1v) is 7.63. The summed E-state index contributed by atoms with van der Waals surface area (Å²) in [5.74, 6) is 0. The van der Waals surface area contributed by atoms with Gasteiger partial charge in [-0.1, -0.05) is 42.5 Å². The van der Waals surface area contributed by atoms with Gasteiger partial charge in [-0.05, 0) is 45.2 Å². The molecule has 110 valence electrons. The molecule has 1 unspecified atom stereocenters. The molecular formula is C19H16O3. The Bertz CT molecular complexity index is 931. The van der Waals surface area contributed by atoms with Crippen LogP contribution in [0.25, 0.3) is 21.5 Å². The highest BCUT2D eigenvalue weighted by Crippen LogP contribution is 2.53. The van der Waals surface area contributed by atoms with Crippen LogP contribution in [0.2, 0.25) is 0 Å². The predicted molar refractivity (Wildman–Crippen MR) is 84.8 cm³/mol. The molecule has 0 aromatic heterocycles. The average Bonchev–Trinajstić information content (AvgIpc) is 3.32. The molecule has 22 heavy (non-hydrogen) atoms. The first kappa shape index (κ1) is 12.6. The van der Waals surface area contributed by atoms with Crippen LogP contribution < -0.4 is 0 Å². The lowest BCUT2D eigenvalue weighted by atomic mass is 9.82. The van der Waals surface area contributed by atoms with Crippen LogP contribution in [0, 0.1) is 6.92 Å². The van der Waals surface area contributed by atoms with E-state index in [2.05, 4.69) is 31.2 Å². The molecular weight excluding hydrogens is 276 g/mol. The Balaban J connectivity index is 1.94. The average molecular weight is 292 g/mol. The first-order chi connectivity index (χ1) is 10.7. The number of fused-ring (bicyclic) bond motifs is 7. The van der Waals surface area contributed by atoms with Crippen molar-refractivity contribution < 1.29 is 14.9 Å². The molecule has 2 N–H and O–H groups in total. The first-order valence-electron chi connectivity index (χ1n) is 7.63. The van der Waals surface area contributed by atoms with Gasteiger partial charge in [-0.2, -0.15) is 0 Å². The van der Waals surface area contributed by atoms with E-state index in [0.29, 0.717) is 0 Å². The van der Waals surface area contributed by atoms with E-state index in [1.165, 1.54) is 21.7 Å². The third-order valence-corrected chi connectivity index (χ3v) is 5.09. The van der Waals surface area contributed by atoms with Gasteiger partial charge in [-0.3, -0.25) is 0 Å². The molecule has 3 nitrogen and oxygen atoms in total. The molecule has 1 heterocycles. The summed E-state index contributed by atoms with van der Waals surface area (Å²) in [6.45, 7) is 2.10. The molecule has 1 aliphatic carbocycles. The molecule has 1 fully saturated rings. The number of epoxide rings is 1. The van der Waals surface area contributed by atoms with Gasteiger partial charge < -0.3 is 14.9 Å². The van der Waals surface area contributed by atoms with Gasteiger partial charge in [-0.15, -0.1) is 0 Å². The lowest BCUT2D eigenvalue weighted by molar-refractivity contribution is 0.000104. The van der Waals surface area contributed by atoms with Crippen molar-refractivity contribution in [2.45, 2.75) is 31.3 Å². The van der Waals surface area contributed by atoms with E-state index in [0.717, 1.165) is 16.5 Å². The second kappa shape index (κ2) is 4.07. The minimum absolute atomic E-state index is 0.0861. The van der Waals surface area contributed by atoms with Gasteiger partial charge >= 0.3 is 0 Å². The summed E-state index contributed by atoms with van der Waals surface area (Å²) in [7, 11) is 0. The van der Waals surface area contributed by atoms with Crippen molar-refractivity contribution >= 4 is 21.5 Å². The summed E-state index contributed by atoms with van der Waals surface area (Å²) >= 11 is 0. The Morgan fingerprint density at radius 2 is 1.82 bits per heavy atom. The van der Waals surface area contributed by atoms with Crippen LogP contribution in [0.15, 0.2) is 42.5 Å². The summed E-state index contributed by atoms with van der Waals surface area (Å²) in [6, 6.07) is 14.5. The van der Waals surface area contributed by atoms with Crippen molar-refractivity contribution in [3.8, 4) is 0 Å². The topological polar surface area (TPSA) is 53.0 Å². The van der Waals surface area contributed by atoms with E-state index in [4.69, 9.17) is 4.74 Å². The van der Waals surface area contributed by atoms with Crippen LogP contribution in [0.4, 0.5) is 0 Å². The largest absolute Gasteiger partial charge is 0.387 e. The molecule has 1 aliphatic heterocycles. The van der Waals surface area contributed by atoms with Gasteiger partial charge in [-0.25, -0.2) is 0 Å². The molecule has 4 atom stereocenters. The quantitative estimate of drug-likeness (QED) is 0.494. The highest BCUT2D eigenvalue weighted by atomic mass is 16.6. The lowest BCUT2D eigenvalue weighted by Gasteiger charge is -2.25. The van der Waals surface area contributed by atoms with Crippen LogP contribution in [0.1, 0.15) is 28.9 Å². The van der Waals surface area contributed by atoms with Crippen molar-refractivity contribution in [2.75, 3.05) is 0 Å². The van der Waals surface area contributed by atoms with Gasteiger partial charge in [0, 0.05) is 0 Å². The third-order valence-electron chi connectivity index (χ3n) is 5.09. The van der Waals surface area contributed by atoms with Gasteiger partial charge in [0.05, 0.1) is 0 Å². The van der Waals surface area contributed by atoms with Crippen molar-refractivity contribution in [1.82, 2.24) is 0 Å². The van der Waals surface area contributed by atoms with Crippen LogP contribution in [-0.2, 0) is 4.74 Å².